The molecule has 0 spiro atoms. The molecule has 1 heterocycles. The molecule has 0 aromatic heterocycles. The molecule has 0 saturated carbocycles. The van der Waals surface area contributed by atoms with Crippen LogP contribution in [-0.2, 0) is 9.53 Å². The summed E-state index contributed by atoms with van der Waals surface area (Å²) in [5.41, 5.74) is 1.79. The van der Waals surface area contributed by atoms with Crippen LogP contribution in [0.2, 0.25) is 0 Å². The number of nitrogens with zero attached hydrogens (tertiary/aromatic N) is 2. The second kappa shape index (κ2) is 4.55. The summed E-state index contributed by atoms with van der Waals surface area (Å²) >= 11 is 0. The maximum atomic E-state index is 11.3. The Balaban J connectivity index is 2.54. The van der Waals surface area contributed by atoms with Crippen LogP contribution >= 0.6 is 0 Å². The maximum absolute atomic E-state index is 11.3. The third-order valence-corrected chi connectivity index (χ3v) is 3.08. The molecule has 0 amide bonds. The molecule has 0 atom stereocenters. The second-order valence-corrected chi connectivity index (χ2v) is 4.01. The van der Waals surface area contributed by atoms with Crippen molar-refractivity contribution in [1.29, 1.82) is 0 Å². The van der Waals surface area contributed by atoms with E-state index in [1.54, 1.807) is 0 Å². The zero-order valence-electron chi connectivity index (χ0n) is 9.83. The highest BCUT2D eigenvalue weighted by Crippen LogP contribution is 2.31. The normalized spacial score (nSPS) is 18.4. The summed E-state index contributed by atoms with van der Waals surface area (Å²) in [4.78, 5) is 11.3. The van der Waals surface area contributed by atoms with Crippen LogP contribution in [0.5, 0.6) is 0 Å². The van der Waals surface area contributed by atoms with Crippen LogP contribution < -0.4 is 0 Å². The summed E-state index contributed by atoms with van der Waals surface area (Å²) in [7, 11) is 0. The van der Waals surface area contributed by atoms with Crippen molar-refractivity contribution in [2.75, 3.05) is 6.61 Å². The molecule has 1 aliphatic heterocycles. The van der Waals surface area contributed by atoms with Crippen molar-refractivity contribution in [2.24, 2.45) is 15.6 Å². The van der Waals surface area contributed by atoms with Crippen LogP contribution in [0.25, 0.3) is 0 Å². The van der Waals surface area contributed by atoms with Gasteiger partial charge >= 0.3 is 5.97 Å². The van der Waals surface area contributed by atoms with Gasteiger partial charge in [0.2, 0.25) is 0 Å². The molecule has 15 heavy (non-hydrogen) atoms. The zero-order valence-corrected chi connectivity index (χ0v) is 9.83. The van der Waals surface area contributed by atoms with Crippen LogP contribution in [-0.4, -0.2) is 24.0 Å². The average molecular weight is 210 g/mol. The molecule has 0 aliphatic carbocycles. The van der Waals surface area contributed by atoms with E-state index >= 15 is 0 Å². The molecule has 4 heteroatoms. The lowest BCUT2D eigenvalue weighted by molar-refractivity contribution is -0.143. The number of rotatable bonds is 4. The lowest BCUT2D eigenvalue weighted by Gasteiger charge is -2.23. The van der Waals surface area contributed by atoms with Gasteiger partial charge in [0.25, 0.3) is 0 Å². The molecule has 84 valence electrons. The van der Waals surface area contributed by atoms with Crippen molar-refractivity contribution in [3.63, 3.8) is 0 Å². The highest BCUT2D eigenvalue weighted by Gasteiger charge is 2.35. The monoisotopic (exact) mass is 210 g/mol. The van der Waals surface area contributed by atoms with E-state index < -0.39 is 0 Å². The van der Waals surface area contributed by atoms with Gasteiger partial charge in [0.1, 0.15) is 0 Å². The van der Waals surface area contributed by atoms with Gasteiger partial charge in [-0.2, -0.15) is 10.2 Å². The predicted octanol–water partition coefficient (Wildman–Crippen LogP) is 2.19. The fourth-order valence-electron chi connectivity index (χ4n) is 1.58. The third kappa shape index (κ3) is 2.43. The molecule has 0 aromatic rings. The van der Waals surface area contributed by atoms with Crippen LogP contribution in [0.3, 0.4) is 0 Å². The molecule has 0 radical (unpaired) electrons. The molecule has 4 nitrogen and oxygen atoms in total. The van der Waals surface area contributed by atoms with Crippen molar-refractivity contribution in [2.45, 2.75) is 40.5 Å². The van der Waals surface area contributed by atoms with E-state index in [4.69, 9.17) is 4.74 Å². The van der Waals surface area contributed by atoms with Gasteiger partial charge in [-0.1, -0.05) is 0 Å². The Morgan fingerprint density at radius 2 is 1.87 bits per heavy atom. The minimum atomic E-state index is -0.160. The Morgan fingerprint density at radius 1 is 1.33 bits per heavy atom. The summed E-state index contributed by atoms with van der Waals surface area (Å²) in [6.45, 7) is 8.22. The quantitative estimate of drug-likeness (QED) is 0.668. The number of carbonyl (C=O) groups excluding carboxylic acids is 1. The Hall–Kier alpha value is -1.19. The molecule has 0 aromatic carbocycles. The Labute approximate surface area is 90.4 Å². The summed E-state index contributed by atoms with van der Waals surface area (Å²) in [5.74, 6) is -0.147. The van der Waals surface area contributed by atoms with Gasteiger partial charge in [0.15, 0.2) is 0 Å². The van der Waals surface area contributed by atoms with Crippen molar-refractivity contribution in [3.05, 3.63) is 0 Å². The van der Waals surface area contributed by atoms with Gasteiger partial charge in [-0.15, -0.1) is 0 Å². The molecule has 0 bridgehead atoms. The van der Waals surface area contributed by atoms with Gasteiger partial charge < -0.3 is 4.74 Å². The van der Waals surface area contributed by atoms with Crippen LogP contribution in [0.15, 0.2) is 10.2 Å². The van der Waals surface area contributed by atoms with Crippen molar-refractivity contribution in [1.82, 2.24) is 0 Å². The summed E-state index contributed by atoms with van der Waals surface area (Å²) in [6, 6.07) is 0. The second-order valence-electron chi connectivity index (χ2n) is 4.01. The fraction of sp³-hybridized carbons (Fsp3) is 0.727. The van der Waals surface area contributed by atoms with Crippen LogP contribution in [0, 0.1) is 5.41 Å². The lowest BCUT2D eigenvalue weighted by atomic mass is 9.78. The minimum absolute atomic E-state index is 0.147. The average Bonchev–Trinajstić information content (AvgIpc) is 2.44. The summed E-state index contributed by atoms with van der Waals surface area (Å²) in [6.07, 6.45) is 1.14. The highest BCUT2D eigenvalue weighted by molar-refractivity contribution is 6.12. The predicted molar refractivity (Wildman–Crippen MR) is 60.2 cm³/mol. The Kier molecular flexibility index (Phi) is 3.61. The van der Waals surface area contributed by atoms with E-state index in [0.29, 0.717) is 13.0 Å². The summed E-state index contributed by atoms with van der Waals surface area (Å²) in [5, 5.41) is 8.09. The first kappa shape index (κ1) is 11.9. The molecular weight excluding hydrogens is 192 g/mol. The van der Waals surface area contributed by atoms with Crippen molar-refractivity contribution >= 4 is 17.4 Å². The Morgan fingerprint density at radius 3 is 2.33 bits per heavy atom. The minimum Gasteiger partial charge on any atom is -0.466 e. The maximum Gasteiger partial charge on any atom is 0.305 e. The number of esters is 1. The fourth-order valence-corrected chi connectivity index (χ4v) is 1.58. The first-order valence-electron chi connectivity index (χ1n) is 5.26. The van der Waals surface area contributed by atoms with Crippen molar-refractivity contribution < 1.29 is 9.53 Å². The van der Waals surface area contributed by atoms with Crippen LogP contribution in [0.4, 0.5) is 0 Å². The summed E-state index contributed by atoms with van der Waals surface area (Å²) < 4.78 is 4.90. The molecule has 0 fully saturated rings. The van der Waals surface area contributed by atoms with Gasteiger partial charge in [-0.25, -0.2) is 0 Å². The van der Waals surface area contributed by atoms with E-state index in [0.717, 1.165) is 17.8 Å². The molecule has 0 N–H and O–H groups in total. The zero-order chi connectivity index (χ0) is 11.5. The van der Waals surface area contributed by atoms with Gasteiger partial charge in [0, 0.05) is 23.3 Å². The molecule has 0 unspecified atom stereocenters. The standard InChI is InChI=1S/C11H18N2O2/c1-5-15-10(14)6-7-11(4)8(2)12-13-9(11)3/h5-7H2,1-4H3. The molecule has 0 saturated heterocycles. The topological polar surface area (TPSA) is 51.0 Å². The van der Waals surface area contributed by atoms with Gasteiger partial charge in [-0.05, 0) is 34.1 Å². The van der Waals surface area contributed by atoms with E-state index in [-0.39, 0.29) is 11.4 Å². The number of hydrogen-bond donors (Lipinski definition) is 0. The van der Waals surface area contributed by atoms with E-state index in [9.17, 15) is 4.79 Å². The molecule has 1 aliphatic rings. The van der Waals surface area contributed by atoms with Gasteiger partial charge in [-0.3, -0.25) is 4.79 Å². The van der Waals surface area contributed by atoms with Crippen LogP contribution in [0.1, 0.15) is 40.5 Å². The number of ether oxygens (including phenoxy) is 1. The smallest absolute Gasteiger partial charge is 0.305 e. The molecule has 1 rings (SSSR count). The first-order valence-corrected chi connectivity index (χ1v) is 5.26. The first-order chi connectivity index (χ1) is 7.00. The highest BCUT2D eigenvalue weighted by atomic mass is 16.5. The molecular formula is C11H18N2O2. The number of carbonyl (C=O) groups is 1. The van der Waals surface area contributed by atoms with Gasteiger partial charge in [0.05, 0.1) is 6.61 Å². The van der Waals surface area contributed by atoms with E-state index in [2.05, 4.69) is 17.1 Å². The third-order valence-electron chi connectivity index (χ3n) is 3.08. The SMILES string of the molecule is CCOC(=O)CCC1(C)C(C)=NN=C1C. The largest absolute Gasteiger partial charge is 0.466 e. The van der Waals surface area contributed by atoms with E-state index in [1.807, 2.05) is 20.8 Å². The van der Waals surface area contributed by atoms with E-state index in [1.165, 1.54) is 0 Å². The Bertz CT molecular complexity index is 301. The van der Waals surface area contributed by atoms with Crippen molar-refractivity contribution in [3.8, 4) is 0 Å². The number of hydrogen-bond acceptors (Lipinski definition) is 4. The lowest BCUT2D eigenvalue weighted by Crippen LogP contribution is -2.31.